The molecule has 0 aromatic heterocycles. The molecule has 0 aliphatic carbocycles. The molecule has 5 nitrogen and oxygen atoms in total. The molecule has 2 aliphatic rings. The second-order valence-corrected chi connectivity index (χ2v) is 8.47. The number of carbonyl (C=O) groups is 1. The maximum Gasteiger partial charge on any atom is 0.226 e. The molecule has 1 amide bonds. The van der Waals surface area contributed by atoms with Crippen molar-refractivity contribution >= 4 is 5.91 Å². The van der Waals surface area contributed by atoms with Gasteiger partial charge < -0.3 is 5.32 Å². The predicted molar refractivity (Wildman–Crippen MR) is 116 cm³/mol. The molecular formula is C24H32N4O. The molecule has 0 radical (unpaired) electrons. The third-order valence-electron chi connectivity index (χ3n) is 6.32. The van der Waals surface area contributed by atoms with Crippen LogP contribution < -0.4 is 16.2 Å². The quantitative estimate of drug-likeness (QED) is 0.707. The summed E-state index contributed by atoms with van der Waals surface area (Å²) in [6.07, 6.45) is 2.56. The highest BCUT2D eigenvalue weighted by molar-refractivity contribution is 5.80. The Labute approximate surface area is 173 Å². The number of likely N-dealkylation sites (tertiary alicyclic amines) is 1. The van der Waals surface area contributed by atoms with E-state index in [1.54, 1.807) is 0 Å². The van der Waals surface area contributed by atoms with Crippen molar-refractivity contribution < 1.29 is 4.79 Å². The van der Waals surface area contributed by atoms with E-state index >= 15 is 0 Å². The standard InChI is InChI=1S/C24H32N4O/c1-18-11-13-28(14-12-18)17-21-10-6-5-9-20(21)15-25-24(29)22-16-26-27-23(22)19-7-3-2-4-8-19/h2-10,18,22-23,26-27H,11-17H2,1H3,(H,25,29). The van der Waals surface area contributed by atoms with Crippen molar-refractivity contribution in [2.24, 2.45) is 11.8 Å². The predicted octanol–water partition coefficient (Wildman–Crippen LogP) is 3.00. The summed E-state index contributed by atoms with van der Waals surface area (Å²) in [5.41, 5.74) is 10.1. The van der Waals surface area contributed by atoms with Crippen LogP contribution in [-0.2, 0) is 17.9 Å². The minimum atomic E-state index is -0.117. The Morgan fingerprint density at radius 2 is 1.72 bits per heavy atom. The summed E-state index contributed by atoms with van der Waals surface area (Å²) in [6.45, 7) is 6.87. The number of benzene rings is 2. The summed E-state index contributed by atoms with van der Waals surface area (Å²) in [5.74, 6) is 0.818. The van der Waals surface area contributed by atoms with Gasteiger partial charge in [-0.3, -0.25) is 15.1 Å². The summed E-state index contributed by atoms with van der Waals surface area (Å²) < 4.78 is 0. The van der Waals surface area contributed by atoms with Crippen LogP contribution >= 0.6 is 0 Å². The lowest BCUT2D eigenvalue weighted by molar-refractivity contribution is -0.125. The largest absolute Gasteiger partial charge is 0.352 e. The van der Waals surface area contributed by atoms with Crippen molar-refractivity contribution in [2.45, 2.75) is 38.9 Å². The van der Waals surface area contributed by atoms with Crippen molar-refractivity contribution in [3.63, 3.8) is 0 Å². The maximum atomic E-state index is 12.9. The lowest BCUT2D eigenvalue weighted by atomic mass is 9.94. The molecule has 2 heterocycles. The molecule has 2 unspecified atom stereocenters. The molecule has 0 bridgehead atoms. The van der Waals surface area contributed by atoms with Crippen LogP contribution in [0.15, 0.2) is 54.6 Å². The third-order valence-corrected chi connectivity index (χ3v) is 6.32. The number of piperidine rings is 1. The van der Waals surface area contributed by atoms with Gasteiger partial charge in [-0.1, -0.05) is 61.5 Å². The van der Waals surface area contributed by atoms with Crippen molar-refractivity contribution in [2.75, 3.05) is 19.6 Å². The van der Waals surface area contributed by atoms with Gasteiger partial charge in [-0.05, 0) is 48.5 Å². The zero-order chi connectivity index (χ0) is 20.1. The molecule has 154 valence electrons. The average molecular weight is 393 g/mol. The van der Waals surface area contributed by atoms with E-state index in [1.807, 2.05) is 18.2 Å². The molecule has 2 saturated heterocycles. The Morgan fingerprint density at radius 1 is 1.03 bits per heavy atom. The van der Waals surface area contributed by atoms with Crippen LogP contribution in [0, 0.1) is 11.8 Å². The zero-order valence-electron chi connectivity index (χ0n) is 17.2. The van der Waals surface area contributed by atoms with Gasteiger partial charge >= 0.3 is 0 Å². The molecule has 4 rings (SSSR count). The van der Waals surface area contributed by atoms with Gasteiger partial charge in [0, 0.05) is 19.6 Å². The molecule has 2 fully saturated rings. The van der Waals surface area contributed by atoms with E-state index in [0.717, 1.165) is 18.0 Å². The topological polar surface area (TPSA) is 56.4 Å². The number of hydrogen-bond donors (Lipinski definition) is 3. The number of hydrazine groups is 1. The Morgan fingerprint density at radius 3 is 2.48 bits per heavy atom. The number of nitrogens with zero attached hydrogens (tertiary/aromatic N) is 1. The third kappa shape index (κ3) is 5.04. The maximum absolute atomic E-state index is 12.9. The smallest absolute Gasteiger partial charge is 0.226 e. The van der Waals surface area contributed by atoms with E-state index in [-0.39, 0.29) is 17.9 Å². The Balaban J connectivity index is 1.37. The summed E-state index contributed by atoms with van der Waals surface area (Å²) in [7, 11) is 0. The van der Waals surface area contributed by atoms with Gasteiger partial charge in [0.1, 0.15) is 0 Å². The van der Waals surface area contributed by atoms with Crippen LogP contribution in [0.2, 0.25) is 0 Å². The van der Waals surface area contributed by atoms with Gasteiger partial charge in [0.15, 0.2) is 0 Å². The first-order valence-electron chi connectivity index (χ1n) is 10.8. The molecular weight excluding hydrogens is 360 g/mol. The SMILES string of the molecule is CC1CCN(Cc2ccccc2CNC(=O)C2CNNC2c2ccccc2)CC1. The first kappa shape index (κ1) is 20.1. The molecule has 2 aromatic carbocycles. The Kier molecular flexibility index (Phi) is 6.60. The highest BCUT2D eigenvalue weighted by atomic mass is 16.2. The second-order valence-electron chi connectivity index (χ2n) is 8.47. The number of carbonyl (C=O) groups excluding carboxylic acids is 1. The Hall–Kier alpha value is -2.21. The Bertz CT molecular complexity index is 802. The molecule has 2 aromatic rings. The van der Waals surface area contributed by atoms with Gasteiger partial charge in [-0.2, -0.15) is 0 Å². The lowest BCUT2D eigenvalue weighted by Gasteiger charge is -2.30. The number of nitrogens with one attached hydrogen (secondary N) is 3. The van der Waals surface area contributed by atoms with Crippen molar-refractivity contribution in [3.05, 3.63) is 71.3 Å². The van der Waals surface area contributed by atoms with Crippen molar-refractivity contribution in [1.29, 1.82) is 0 Å². The van der Waals surface area contributed by atoms with E-state index in [4.69, 9.17) is 0 Å². The van der Waals surface area contributed by atoms with Crippen LogP contribution in [0.5, 0.6) is 0 Å². The molecule has 2 aliphatic heterocycles. The summed E-state index contributed by atoms with van der Waals surface area (Å²) in [6, 6.07) is 18.7. The first-order valence-corrected chi connectivity index (χ1v) is 10.8. The minimum Gasteiger partial charge on any atom is -0.352 e. The van der Waals surface area contributed by atoms with Gasteiger partial charge in [-0.15, -0.1) is 0 Å². The van der Waals surface area contributed by atoms with Crippen LogP contribution in [0.3, 0.4) is 0 Å². The molecule has 2 atom stereocenters. The summed E-state index contributed by atoms with van der Waals surface area (Å²) in [4.78, 5) is 15.5. The minimum absolute atomic E-state index is 0.00165. The zero-order valence-corrected chi connectivity index (χ0v) is 17.2. The number of rotatable bonds is 6. The van der Waals surface area contributed by atoms with E-state index < -0.39 is 0 Å². The lowest BCUT2D eigenvalue weighted by Crippen LogP contribution is -2.35. The van der Waals surface area contributed by atoms with Crippen molar-refractivity contribution in [3.8, 4) is 0 Å². The van der Waals surface area contributed by atoms with E-state index in [2.05, 4.69) is 64.4 Å². The van der Waals surface area contributed by atoms with E-state index in [0.29, 0.717) is 13.1 Å². The van der Waals surface area contributed by atoms with E-state index in [1.165, 1.54) is 37.1 Å². The second kappa shape index (κ2) is 9.53. The number of hydrogen-bond acceptors (Lipinski definition) is 4. The summed E-state index contributed by atoms with van der Waals surface area (Å²) >= 11 is 0. The normalized spacial score (nSPS) is 23.2. The first-order chi connectivity index (χ1) is 14.2. The van der Waals surface area contributed by atoms with Crippen molar-refractivity contribution in [1.82, 2.24) is 21.1 Å². The van der Waals surface area contributed by atoms with Gasteiger partial charge in [0.25, 0.3) is 0 Å². The molecule has 3 N–H and O–H groups in total. The van der Waals surface area contributed by atoms with Crippen LogP contribution in [0.4, 0.5) is 0 Å². The highest BCUT2D eigenvalue weighted by Crippen LogP contribution is 2.25. The van der Waals surface area contributed by atoms with Crippen LogP contribution in [0.25, 0.3) is 0 Å². The van der Waals surface area contributed by atoms with Gasteiger partial charge in [-0.25, -0.2) is 5.43 Å². The molecule has 29 heavy (non-hydrogen) atoms. The molecule has 0 saturated carbocycles. The van der Waals surface area contributed by atoms with Gasteiger partial charge in [0.05, 0.1) is 12.0 Å². The molecule has 5 heteroatoms. The molecule has 0 spiro atoms. The fourth-order valence-electron chi connectivity index (χ4n) is 4.38. The number of amides is 1. The van der Waals surface area contributed by atoms with Gasteiger partial charge in [0.2, 0.25) is 5.91 Å². The monoisotopic (exact) mass is 392 g/mol. The average Bonchev–Trinajstić information content (AvgIpc) is 3.25. The van der Waals surface area contributed by atoms with Crippen LogP contribution in [-0.4, -0.2) is 30.4 Å². The summed E-state index contributed by atoms with van der Waals surface area (Å²) in [5, 5.41) is 3.19. The van der Waals surface area contributed by atoms with Crippen LogP contribution in [0.1, 0.15) is 42.5 Å². The highest BCUT2D eigenvalue weighted by Gasteiger charge is 2.33. The van der Waals surface area contributed by atoms with E-state index in [9.17, 15) is 4.79 Å². The fraction of sp³-hybridized carbons (Fsp3) is 0.458. The fourth-order valence-corrected chi connectivity index (χ4v) is 4.38.